The van der Waals surface area contributed by atoms with Crippen LogP contribution >= 0.6 is 0 Å². The number of ether oxygens (including phenoxy) is 3. The topological polar surface area (TPSA) is 99.9 Å². The zero-order valence-electron chi connectivity index (χ0n) is 15.8. The summed E-state index contributed by atoms with van der Waals surface area (Å²) in [6.07, 6.45) is 2.81. The van der Waals surface area contributed by atoms with E-state index in [2.05, 4.69) is 15.0 Å². The van der Waals surface area contributed by atoms with Gasteiger partial charge in [-0.15, -0.1) is 0 Å². The molecule has 0 bridgehead atoms. The number of methoxy groups -OCH3 is 2. The number of oxazole rings is 1. The lowest BCUT2D eigenvalue weighted by Crippen LogP contribution is -2.16. The van der Waals surface area contributed by atoms with Gasteiger partial charge in [-0.25, -0.2) is 9.78 Å². The summed E-state index contributed by atoms with van der Waals surface area (Å²) in [7, 11) is 2.37. The molecule has 0 aliphatic carbocycles. The Labute approximate surface area is 169 Å². The van der Waals surface area contributed by atoms with Gasteiger partial charge in [0.1, 0.15) is 0 Å². The summed E-state index contributed by atoms with van der Waals surface area (Å²) < 4.78 is 44.7. The molecule has 1 amide bonds. The van der Waals surface area contributed by atoms with Crippen LogP contribution < -0.4 is 14.8 Å². The number of amides is 1. The van der Waals surface area contributed by atoms with Gasteiger partial charge in [0.15, 0.2) is 23.7 Å². The van der Waals surface area contributed by atoms with E-state index >= 15 is 0 Å². The van der Waals surface area contributed by atoms with Crippen LogP contribution in [0.5, 0.6) is 11.5 Å². The molecule has 30 heavy (non-hydrogen) atoms. The zero-order valence-corrected chi connectivity index (χ0v) is 15.8. The molecule has 0 aliphatic heterocycles. The highest BCUT2D eigenvalue weighted by atomic mass is 19.3. The fourth-order valence-corrected chi connectivity index (χ4v) is 2.63. The highest BCUT2D eigenvalue weighted by Gasteiger charge is 2.21. The third-order valence-electron chi connectivity index (χ3n) is 4.04. The Hall–Kier alpha value is -3.95. The van der Waals surface area contributed by atoms with Crippen molar-refractivity contribution in [3.05, 3.63) is 60.1 Å². The number of halogens is 2. The minimum Gasteiger partial charge on any atom is -0.493 e. The summed E-state index contributed by atoms with van der Waals surface area (Å²) >= 11 is 0. The largest absolute Gasteiger partial charge is 0.493 e. The number of hydrogen-bond donors (Lipinski definition) is 1. The van der Waals surface area contributed by atoms with Crippen LogP contribution in [0.4, 0.5) is 14.5 Å². The second kappa shape index (κ2) is 9.03. The smallest absolute Gasteiger partial charge is 0.387 e. The molecule has 10 heteroatoms. The Balaban J connectivity index is 1.91. The van der Waals surface area contributed by atoms with Crippen molar-refractivity contribution >= 4 is 17.6 Å². The van der Waals surface area contributed by atoms with Crippen LogP contribution in [0.25, 0.3) is 11.3 Å². The molecule has 3 aromatic rings. The van der Waals surface area contributed by atoms with Crippen LogP contribution in [0.15, 0.2) is 53.4 Å². The van der Waals surface area contributed by atoms with Crippen molar-refractivity contribution in [3.63, 3.8) is 0 Å². The standard InChI is InChI=1S/C20H16F2N2O6/c1-27-15-7-13(19(26)28-2)14(8-16(15)30-20(21)22)24-18(25)12-5-3-11(4-6-12)17-9-23-10-29-17/h3-10,20H,1-2H3,(H,24,25). The summed E-state index contributed by atoms with van der Waals surface area (Å²) in [5.74, 6) is -1.33. The molecule has 0 spiro atoms. The quantitative estimate of drug-likeness (QED) is 0.579. The summed E-state index contributed by atoms with van der Waals surface area (Å²) in [5, 5.41) is 2.51. The zero-order chi connectivity index (χ0) is 21.7. The molecule has 156 valence electrons. The molecule has 1 N–H and O–H groups in total. The lowest BCUT2D eigenvalue weighted by Gasteiger charge is -2.15. The first-order chi connectivity index (χ1) is 14.4. The third kappa shape index (κ3) is 4.54. The number of esters is 1. The van der Waals surface area contributed by atoms with Crippen molar-refractivity contribution in [2.45, 2.75) is 6.61 Å². The Kier molecular flexibility index (Phi) is 6.26. The minimum absolute atomic E-state index is 0.0809. The SMILES string of the molecule is COC(=O)c1cc(OC)c(OC(F)F)cc1NC(=O)c1ccc(-c2cnco2)cc1. The molecule has 0 atom stereocenters. The van der Waals surface area contributed by atoms with Gasteiger partial charge in [-0.05, 0) is 12.1 Å². The molecule has 0 saturated carbocycles. The first kappa shape index (κ1) is 20.8. The fraction of sp³-hybridized carbons (Fsp3) is 0.150. The normalized spacial score (nSPS) is 10.6. The summed E-state index contributed by atoms with van der Waals surface area (Å²) in [4.78, 5) is 28.6. The average molecular weight is 418 g/mol. The second-order valence-electron chi connectivity index (χ2n) is 5.82. The molecule has 8 nitrogen and oxygen atoms in total. The summed E-state index contributed by atoms with van der Waals surface area (Å²) in [5.41, 5.74) is 0.780. The van der Waals surface area contributed by atoms with E-state index in [1.54, 1.807) is 12.1 Å². The van der Waals surface area contributed by atoms with Crippen molar-refractivity contribution in [1.82, 2.24) is 4.98 Å². The maximum atomic E-state index is 12.7. The molecule has 3 rings (SSSR count). The summed E-state index contributed by atoms with van der Waals surface area (Å²) in [6.45, 7) is -3.13. The number of carbonyl (C=O) groups excluding carboxylic acids is 2. The van der Waals surface area contributed by atoms with E-state index in [9.17, 15) is 18.4 Å². The second-order valence-corrected chi connectivity index (χ2v) is 5.82. The monoisotopic (exact) mass is 418 g/mol. The van der Waals surface area contributed by atoms with Crippen LogP contribution in [0.2, 0.25) is 0 Å². The number of alkyl halides is 2. The number of anilines is 1. The molecule has 1 heterocycles. The van der Waals surface area contributed by atoms with Crippen molar-refractivity contribution in [3.8, 4) is 22.8 Å². The van der Waals surface area contributed by atoms with Gasteiger partial charge in [0.2, 0.25) is 0 Å². The molecular formula is C20H16F2N2O6. The van der Waals surface area contributed by atoms with Crippen molar-refractivity contribution in [1.29, 1.82) is 0 Å². The van der Waals surface area contributed by atoms with Crippen molar-refractivity contribution < 1.29 is 37.0 Å². The average Bonchev–Trinajstić information content (AvgIpc) is 3.28. The van der Waals surface area contributed by atoms with Gasteiger partial charge < -0.3 is 23.9 Å². The minimum atomic E-state index is -3.13. The molecule has 1 aromatic heterocycles. The fourth-order valence-electron chi connectivity index (χ4n) is 2.63. The molecule has 0 unspecified atom stereocenters. The van der Waals surface area contributed by atoms with Crippen LogP contribution in [0.1, 0.15) is 20.7 Å². The Bertz CT molecular complexity index is 1040. The van der Waals surface area contributed by atoms with E-state index in [0.29, 0.717) is 11.3 Å². The first-order valence-electron chi connectivity index (χ1n) is 8.48. The molecule has 0 aliphatic rings. The van der Waals surface area contributed by atoms with Crippen LogP contribution in [0, 0.1) is 0 Å². The van der Waals surface area contributed by atoms with Gasteiger partial charge in [0, 0.05) is 23.3 Å². The van der Waals surface area contributed by atoms with Gasteiger partial charge in [-0.3, -0.25) is 4.79 Å². The van der Waals surface area contributed by atoms with E-state index in [1.165, 1.54) is 31.8 Å². The Morgan fingerprint density at radius 3 is 2.40 bits per heavy atom. The highest BCUT2D eigenvalue weighted by Crippen LogP contribution is 2.35. The van der Waals surface area contributed by atoms with E-state index in [4.69, 9.17) is 13.9 Å². The number of nitrogens with zero attached hydrogens (tertiary/aromatic N) is 1. The van der Waals surface area contributed by atoms with Crippen LogP contribution in [0.3, 0.4) is 0 Å². The van der Waals surface area contributed by atoms with Gasteiger partial charge in [0.05, 0.1) is 31.7 Å². The Morgan fingerprint density at radius 2 is 1.83 bits per heavy atom. The van der Waals surface area contributed by atoms with Crippen LogP contribution in [-0.4, -0.2) is 37.7 Å². The number of carbonyl (C=O) groups is 2. The van der Waals surface area contributed by atoms with Crippen LogP contribution in [-0.2, 0) is 4.74 Å². The number of rotatable bonds is 7. The lowest BCUT2D eigenvalue weighted by molar-refractivity contribution is -0.0511. The van der Waals surface area contributed by atoms with Crippen molar-refractivity contribution in [2.24, 2.45) is 0 Å². The first-order valence-corrected chi connectivity index (χ1v) is 8.48. The molecular weight excluding hydrogens is 402 g/mol. The number of benzene rings is 2. The highest BCUT2D eigenvalue weighted by molar-refractivity contribution is 6.08. The number of nitrogens with one attached hydrogen (secondary N) is 1. The lowest BCUT2D eigenvalue weighted by atomic mass is 10.1. The van der Waals surface area contributed by atoms with Gasteiger partial charge in [0.25, 0.3) is 5.91 Å². The number of aromatic nitrogens is 1. The molecule has 0 radical (unpaired) electrons. The van der Waals surface area contributed by atoms with Gasteiger partial charge >= 0.3 is 12.6 Å². The van der Waals surface area contributed by atoms with Crippen molar-refractivity contribution in [2.75, 3.05) is 19.5 Å². The maximum Gasteiger partial charge on any atom is 0.387 e. The maximum absolute atomic E-state index is 12.7. The van der Waals surface area contributed by atoms with E-state index in [0.717, 1.165) is 19.2 Å². The third-order valence-corrected chi connectivity index (χ3v) is 4.04. The molecule has 2 aromatic carbocycles. The Morgan fingerprint density at radius 1 is 1.10 bits per heavy atom. The van der Waals surface area contributed by atoms with Gasteiger partial charge in [-0.2, -0.15) is 8.78 Å². The van der Waals surface area contributed by atoms with E-state index in [-0.39, 0.29) is 28.3 Å². The molecule has 0 fully saturated rings. The molecule has 0 saturated heterocycles. The van der Waals surface area contributed by atoms with E-state index < -0.39 is 18.5 Å². The predicted molar refractivity (Wildman–Crippen MR) is 101 cm³/mol. The van der Waals surface area contributed by atoms with E-state index in [1.807, 2.05) is 0 Å². The summed E-state index contributed by atoms with van der Waals surface area (Å²) in [6, 6.07) is 8.58. The predicted octanol–water partition coefficient (Wildman–Crippen LogP) is 3.99. The number of hydrogen-bond acceptors (Lipinski definition) is 7. The van der Waals surface area contributed by atoms with Gasteiger partial charge in [-0.1, -0.05) is 12.1 Å².